The molecule has 1 saturated carbocycles. The summed E-state index contributed by atoms with van der Waals surface area (Å²) in [6, 6.07) is 0.670. The van der Waals surface area contributed by atoms with E-state index in [1.54, 1.807) is 11.9 Å². The Morgan fingerprint density at radius 1 is 1.35 bits per heavy atom. The largest absolute Gasteiger partial charge is 0.339 e. The van der Waals surface area contributed by atoms with Gasteiger partial charge in [0.1, 0.15) is 0 Å². The molecule has 2 heterocycles. The summed E-state index contributed by atoms with van der Waals surface area (Å²) in [6.45, 7) is 10.1. The van der Waals surface area contributed by atoms with E-state index in [1.165, 1.54) is 0 Å². The molecule has 1 aromatic rings. The quantitative estimate of drug-likeness (QED) is 0.845. The van der Waals surface area contributed by atoms with E-state index in [9.17, 15) is 9.59 Å². The number of nitrogens with zero attached hydrogens (tertiary/aromatic N) is 4. The summed E-state index contributed by atoms with van der Waals surface area (Å²) >= 11 is 0. The van der Waals surface area contributed by atoms with Crippen LogP contribution in [0, 0.1) is 19.8 Å². The third kappa shape index (κ3) is 3.86. The molecule has 7 nitrogen and oxygen atoms in total. The lowest BCUT2D eigenvalue weighted by Crippen LogP contribution is -2.40. The van der Waals surface area contributed by atoms with Crippen LogP contribution in [0.4, 0.5) is 4.79 Å². The molecule has 0 radical (unpaired) electrons. The predicted octanol–water partition coefficient (Wildman–Crippen LogP) is 2.23. The molecule has 0 spiro atoms. The van der Waals surface area contributed by atoms with Gasteiger partial charge in [-0.3, -0.25) is 9.48 Å². The van der Waals surface area contributed by atoms with Gasteiger partial charge in [0.05, 0.1) is 12.2 Å². The summed E-state index contributed by atoms with van der Waals surface area (Å²) in [4.78, 5) is 28.2. The molecule has 1 aliphatic carbocycles. The van der Waals surface area contributed by atoms with E-state index in [2.05, 4.69) is 31.2 Å². The topological polar surface area (TPSA) is 70.5 Å². The highest BCUT2D eigenvalue weighted by molar-refractivity contribution is 5.79. The SMILES string of the molecule is Cc1nn(C(C)C)c(C)c1CN(C)C(=O)NC[C@H]1CC(=O)N(C2CC2)C1. The average Bonchev–Trinajstić information content (AvgIpc) is 3.30. The Morgan fingerprint density at radius 3 is 2.62 bits per heavy atom. The van der Waals surface area contributed by atoms with Crippen LogP contribution in [-0.4, -0.2) is 57.7 Å². The minimum absolute atomic E-state index is 0.0987. The molecule has 1 N–H and O–H groups in total. The summed E-state index contributed by atoms with van der Waals surface area (Å²) in [7, 11) is 1.80. The van der Waals surface area contributed by atoms with Crippen molar-refractivity contribution in [3.05, 3.63) is 17.0 Å². The second kappa shape index (κ2) is 7.29. The zero-order valence-electron chi connectivity index (χ0n) is 16.6. The lowest BCUT2D eigenvalue weighted by Gasteiger charge is -2.20. The highest BCUT2D eigenvalue weighted by Crippen LogP contribution is 2.32. The van der Waals surface area contributed by atoms with Crippen LogP contribution in [0.2, 0.25) is 0 Å². The molecule has 1 atom stereocenters. The van der Waals surface area contributed by atoms with Crippen LogP contribution in [0.1, 0.15) is 56.1 Å². The Morgan fingerprint density at radius 2 is 2.04 bits per heavy atom. The molecule has 3 rings (SSSR count). The second-order valence-electron chi connectivity index (χ2n) is 8.08. The minimum atomic E-state index is -0.0987. The van der Waals surface area contributed by atoms with Gasteiger partial charge in [0, 0.05) is 55.8 Å². The summed E-state index contributed by atoms with van der Waals surface area (Å²) in [5.41, 5.74) is 3.18. The van der Waals surface area contributed by atoms with E-state index < -0.39 is 0 Å². The predicted molar refractivity (Wildman–Crippen MR) is 99.8 cm³/mol. The minimum Gasteiger partial charge on any atom is -0.339 e. The van der Waals surface area contributed by atoms with Gasteiger partial charge in [0.2, 0.25) is 5.91 Å². The molecular weight excluding hydrogens is 330 g/mol. The lowest BCUT2D eigenvalue weighted by molar-refractivity contribution is -0.128. The molecule has 1 aliphatic heterocycles. The van der Waals surface area contributed by atoms with Crippen LogP contribution in [0.25, 0.3) is 0 Å². The number of aromatic nitrogens is 2. The zero-order valence-corrected chi connectivity index (χ0v) is 16.6. The van der Waals surface area contributed by atoms with Gasteiger partial charge in [0.25, 0.3) is 0 Å². The van der Waals surface area contributed by atoms with Crippen molar-refractivity contribution in [2.45, 2.75) is 65.6 Å². The molecule has 1 aromatic heterocycles. The van der Waals surface area contributed by atoms with Gasteiger partial charge in [-0.15, -0.1) is 0 Å². The van der Waals surface area contributed by atoms with Gasteiger partial charge in [-0.25, -0.2) is 4.79 Å². The van der Waals surface area contributed by atoms with Crippen molar-refractivity contribution in [2.24, 2.45) is 5.92 Å². The molecule has 26 heavy (non-hydrogen) atoms. The smallest absolute Gasteiger partial charge is 0.317 e. The number of likely N-dealkylation sites (tertiary alicyclic amines) is 1. The number of rotatable bonds is 6. The number of carbonyl (C=O) groups is 2. The molecule has 144 valence electrons. The van der Waals surface area contributed by atoms with E-state index in [0.717, 1.165) is 36.3 Å². The van der Waals surface area contributed by atoms with Crippen LogP contribution in [0.5, 0.6) is 0 Å². The van der Waals surface area contributed by atoms with Crippen molar-refractivity contribution in [1.82, 2.24) is 24.9 Å². The van der Waals surface area contributed by atoms with Crippen molar-refractivity contribution in [3.8, 4) is 0 Å². The molecule has 2 aliphatic rings. The molecule has 3 amide bonds. The van der Waals surface area contributed by atoms with Gasteiger partial charge < -0.3 is 15.1 Å². The molecule has 0 aromatic carbocycles. The first kappa shape index (κ1) is 18.7. The number of nitrogens with one attached hydrogen (secondary N) is 1. The summed E-state index contributed by atoms with van der Waals surface area (Å²) in [5, 5.41) is 7.58. The lowest BCUT2D eigenvalue weighted by atomic mass is 10.1. The maximum absolute atomic E-state index is 12.5. The van der Waals surface area contributed by atoms with E-state index in [-0.39, 0.29) is 17.9 Å². The van der Waals surface area contributed by atoms with E-state index in [4.69, 9.17) is 0 Å². The fourth-order valence-electron chi connectivity index (χ4n) is 3.79. The Hall–Kier alpha value is -2.05. The first-order valence-electron chi connectivity index (χ1n) is 9.61. The highest BCUT2D eigenvalue weighted by atomic mass is 16.2. The highest BCUT2D eigenvalue weighted by Gasteiger charge is 2.39. The fourth-order valence-corrected chi connectivity index (χ4v) is 3.79. The van der Waals surface area contributed by atoms with Crippen molar-refractivity contribution in [3.63, 3.8) is 0 Å². The van der Waals surface area contributed by atoms with Crippen LogP contribution >= 0.6 is 0 Å². The molecule has 7 heteroatoms. The first-order valence-corrected chi connectivity index (χ1v) is 9.61. The Balaban J connectivity index is 1.51. The van der Waals surface area contributed by atoms with Crippen LogP contribution in [0.15, 0.2) is 0 Å². The Labute approximate surface area is 155 Å². The molecular formula is C19H31N5O2. The van der Waals surface area contributed by atoms with Gasteiger partial charge >= 0.3 is 6.03 Å². The first-order chi connectivity index (χ1) is 12.3. The van der Waals surface area contributed by atoms with Crippen LogP contribution in [0.3, 0.4) is 0 Å². The second-order valence-corrected chi connectivity index (χ2v) is 8.08. The number of aryl methyl sites for hydroxylation is 1. The number of urea groups is 1. The molecule has 2 fully saturated rings. The molecule has 0 unspecified atom stereocenters. The standard InChI is InChI=1S/C19H31N5O2/c1-12(2)24-14(4)17(13(3)21-24)11-22(5)19(26)20-9-15-8-18(25)23(10-15)16-6-7-16/h12,15-16H,6-11H2,1-5H3,(H,20,26)/t15-/m1/s1. The van der Waals surface area contributed by atoms with E-state index in [0.29, 0.717) is 31.6 Å². The summed E-state index contributed by atoms with van der Waals surface area (Å²) in [5.74, 6) is 0.472. The van der Waals surface area contributed by atoms with Crippen LogP contribution in [-0.2, 0) is 11.3 Å². The van der Waals surface area contributed by atoms with Gasteiger partial charge in [0.15, 0.2) is 0 Å². The summed E-state index contributed by atoms with van der Waals surface area (Å²) < 4.78 is 2.01. The maximum Gasteiger partial charge on any atom is 0.317 e. The van der Waals surface area contributed by atoms with Gasteiger partial charge in [-0.05, 0) is 40.5 Å². The zero-order chi connectivity index (χ0) is 19.0. The Kier molecular flexibility index (Phi) is 5.25. The normalized spacial score (nSPS) is 20.2. The third-order valence-corrected chi connectivity index (χ3v) is 5.47. The maximum atomic E-state index is 12.5. The van der Waals surface area contributed by atoms with Gasteiger partial charge in [-0.2, -0.15) is 5.10 Å². The molecule has 0 bridgehead atoms. The number of hydrogen-bond donors (Lipinski definition) is 1. The number of amides is 3. The summed E-state index contributed by atoms with van der Waals surface area (Å²) in [6.07, 6.45) is 2.83. The fraction of sp³-hybridized carbons (Fsp3) is 0.737. The van der Waals surface area contributed by atoms with Crippen LogP contribution < -0.4 is 5.32 Å². The van der Waals surface area contributed by atoms with Crippen molar-refractivity contribution < 1.29 is 9.59 Å². The third-order valence-electron chi connectivity index (χ3n) is 5.47. The van der Waals surface area contributed by atoms with Crippen molar-refractivity contribution in [2.75, 3.05) is 20.1 Å². The van der Waals surface area contributed by atoms with E-state index in [1.807, 2.05) is 16.5 Å². The monoisotopic (exact) mass is 361 g/mol. The van der Waals surface area contributed by atoms with Gasteiger partial charge in [-0.1, -0.05) is 0 Å². The van der Waals surface area contributed by atoms with Crippen molar-refractivity contribution in [1.29, 1.82) is 0 Å². The number of carbonyl (C=O) groups excluding carboxylic acids is 2. The van der Waals surface area contributed by atoms with Crippen molar-refractivity contribution >= 4 is 11.9 Å². The molecule has 1 saturated heterocycles. The average molecular weight is 361 g/mol. The Bertz CT molecular complexity index is 692. The number of hydrogen-bond acceptors (Lipinski definition) is 3. The van der Waals surface area contributed by atoms with E-state index >= 15 is 0 Å².